The van der Waals surface area contributed by atoms with Gasteiger partial charge in [-0.05, 0) is 35.4 Å². The number of fused-ring (bicyclic) bond motifs is 1. The van der Waals surface area contributed by atoms with Gasteiger partial charge in [-0.3, -0.25) is 34.1 Å². The van der Waals surface area contributed by atoms with E-state index in [4.69, 9.17) is 0 Å². The first-order chi connectivity index (χ1) is 18.3. The molecule has 2 aromatic carbocycles. The van der Waals surface area contributed by atoms with Gasteiger partial charge in [-0.2, -0.15) is 0 Å². The molecule has 1 saturated heterocycles. The highest BCUT2D eigenvalue weighted by Crippen LogP contribution is 2.34. The molecule has 194 valence electrons. The van der Waals surface area contributed by atoms with Gasteiger partial charge < -0.3 is 10.2 Å². The van der Waals surface area contributed by atoms with Gasteiger partial charge in [-0.1, -0.05) is 36.4 Å². The molecule has 0 bridgehead atoms. The molecule has 10 heteroatoms. The van der Waals surface area contributed by atoms with E-state index in [1.165, 1.54) is 10.3 Å². The van der Waals surface area contributed by atoms with Crippen LogP contribution in [0, 0.1) is 0 Å². The second-order valence-electron chi connectivity index (χ2n) is 9.48. The second kappa shape index (κ2) is 10.7. The van der Waals surface area contributed by atoms with E-state index >= 15 is 0 Å². The fourth-order valence-corrected chi connectivity index (χ4v) is 5.81. The van der Waals surface area contributed by atoms with Crippen molar-refractivity contribution in [3.63, 3.8) is 0 Å². The average Bonchev–Trinajstić information content (AvgIpc) is 3.23. The minimum absolute atomic E-state index is 0.0271. The zero-order valence-corrected chi connectivity index (χ0v) is 21.2. The highest BCUT2D eigenvalue weighted by Gasteiger charge is 2.40. The highest BCUT2D eigenvalue weighted by molar-refractivity contribution is 8.02. The Kier molecular flexibility index (Phi) is 7.24. The topological polar surface area (TPSA) is 130 Å². The molecule has 9 nitrogen and oxygen atoms in total. The van der Waals surface area contributed by atoms with Gasteiger partial charge in [0, 0.05) is 42.6 Å². The number of ketones is 2. The van der Waals surface area contributed by atoms with Crippen LogP contribution in [-0.4, -0.2) is 51.9 Å². The third kappa shape index (κ3) is 5.17. The van der Waals surface area contributed by atoms with E-state index in [0.29, 0.717) is 16.8 Å². The number of thioether (sulfide) groups is 1. The van der Waals surface area contributed by atoms with Crippen LogP contribution in [0.25, 0.3) is 0 Å². The van der Waals surface area contributed by atoms with E-state index in [-0.39, 0.29) is 78.8 Å². The molecule has 1 saturated carbocycles. The molecule has 4 amide bonds. The predicted molar refractivity (Wildman–Crippen MR) is 140 cm³/mol. The Morgan fingerprint density at radius 3 is 2.45 bits per heavy atom. The number of carbonyl (C=O) groups excluding carboxylic acids is 6. The molecule has 5 rings (SSSR count). The van der Waals surface area contributed by atoms with Crippen molar-refractivity contribution in [1.82, 2.24) is 10.2 Å². The minimum Gasteiger partial charge on any atom is -0.325 e. The van der Waals surface area contributed by atoms with Gasteiger partial charge in [0.1, 0.15) is 6.04 Å². The first kappa shape index (κ1) is 25.6. The number of nitrogens with one attached hydrogen (secondary N) is 2. The van der Waals surface area contributed by atoms with E-state index in [1.54, 1.807) is 18.2 Å². The minimum atomic E-state index is -0.745. The smallest absolute Gasteiger partial charge is 0.255 e. The van der Waals surface area contributed by atoms with Crippen molar-refractivity contribution in [2.75, 3.05) is 11.1 Å². The van der Waals surface area contributed by atoms with Gasteiger partial charge in [-0.25, -0.2) is 0 Å². The van der Waals surface area contributed by atoms with E-state index < -0.39 is 11.9 Å². The molecule has 38 heavy (non-hydrogen) atoms. The predicted octanol–water partition coefficient (Wildman–Crippen LogP) is 2.72. The quantitative estimate of drug-likeness (QED) is 0.333. The number of Topliss-reactive ketones (excluding diaryl/α,β-unsaturated/α-hetero) is 2. The van der Waals surface area contributed by atoms with Crippen molar-refractivity contribution in [2.45, 2.75) is 44.2 Å². The first-order valence-electron chi connectivity index (χ1n) is 12.3. The van der Waals surface area contributed by atoms with Gasteiger partial charge in [0.2, 0.25) is 17.7 Å². The number of piperidine rings is 1. The summed E-state index contributed by atoms with van der Waals surface area (Å²) in [6.07, 6.45) is 0.913. The van der Waals surface area contributed by atoms with Gasteiger partial charge in [-0.15, -0.1) is 11.8 Å². The van der Waals surface area contributed by atoms with Crippen LogP contribution < -0.4 is 10.6 Å². The summed E-state index contributed by atoms with van der Waals surface area (Å²) in [5.41, 5.74) is 2.54. The number of hydrogen-bond acceptors (Lipinski definition) is 7. The van der Waals surface area contributed by atoms with Crippen LogP contribution in [0.5, 0.6) is 0 Å². The van der Waals surface area contributed by atoms with Crippen molar-refractivity contribution in [1.29, 1.82) is 0 Å². The Morgan fingerprint density at radius 1 is 1.00 bits per heavy atom. The monoisotopic (exact) mass is 531 g/mol. The van der Waals surface area contributed by atoms with Crippen molar-refractivity contribution >= 4 is 52.6 Å². The lowest BCUT2D eigenvalue weighted by atomic mass is 9.80. The number of nitrogens with zero attached hydrogens (tertiary/aromatic N) is 1. The number of anilines is 1. The number of rotatable bonds is 6. The summed E-state index contributed by atoms with van der Waals surface area (Å²) in [6, 6.07) is 13.7. The number of hydrogen-bond donors (Lipinski definition) is 2. The molecule has 1 aliphatic carbocycles. The zero-order chi connectivity index (χ0) is 26.8. The maximum absolute atomic E-state index is 13.0. The Hall–Kier alpha value is -4.05. The maximum Gasteiger partial charge on any atom is 0.255 e. The Morgan fingerprint density at radius 2 is 1.74 bits per heavy atom. The van der Waals surface area contributed by atoms with Crippen LogP contribution in [0.2, 0.25) is 0 Å². The summed E-state index contributed by atoms with van der Waals surface area (Å²) in [4.78, 5) is 76.1. The largest absolute Gasteiger partial charge is 0.325 e. The molecule has 0 radical (unpaired) electrons. The van der Waals surface area contributed by atoms with E-state index in [1.807, 2.05) is 30.3 Å². The molecular formula is C28H25N3O6S. The fourth-order valence-electron chi connectivity index (χ4n) is 5.08. The molecule has 2 aromatic rings. The number of allylic oxidation sites excluding steroid dienone is 1. The molecule has 2 heterocycles. The fraction of sp³-hybridized carbons (Fsp3) is 0.286. The maximum atomic E-state index is 13.0. The highest BCUT2D eigenvalue weighted by atomic mass is 32.2. The van der Waals surface area contributed by atoms with Crippen molar-refractivity contribution in [2.24, 2.45) is 0 Å². The summed E-state index contributed by atoms with van der Waals surface area (Å²) >= 11 is 1.07. The summed E-state index contributed by atoms with van der Waals surface area (Å²) in [7, 11) is 0. The molecule has 2 N–H and O–H groups in total. The molecule has 2 aliphatic heterocycles. The van der Waals surface area contributed by atoms with Crippen molar-refractivity contribution in [3.8, 4) is 0 Å². The third-order valence-electron chi connectivity index (χ3n) is 7.01. The van der Waals surface area contributed by atoms with E-state index in [9.17, 15) is 28.8 Å². The van der Waals surface area contributed by atoms with Crippen LogP contribution in [-0.2, 0) is 30.5 Å². The van der Waals surface area contributed by atoms with E-state index in [0.717, 1.165) is 17.3 Å². The van der Waals surface area contributed by atoms with Crippen LogP contribution in [0.15, 0.2) is 59.5 Å². The summed E-state index contributed by atoms with van der Waals surface area (Å²) in [5.74, 6) is -2.16. The van der Waals surface area contributed by atoms with Crippen LogP contribution in [0.3, 0.4) is 0 Å². The molecule has 1 atom stereocenters. The molecule has 3 aliphatic rings. The van der Waals surface area contributed by atoms with Crippen LogP contribution in [0.4, 0.5) is 5.69 Å². The second-order valence-corrected chi connectivity index (χ2v) is 10.3. The lowest BCUT2D eigenvalue weighted by Gasteiger charge is -2.29. The Bertz CT molecular complexity index is 1370. The third-order valence-corrected chi connectivity index (χ3v) is 7.84. The summed E-state index contributed by atoms with van der Waals surface area (Å²) in [6.45, 7) is 0.139. The SMILES string of the molecule is O=C1CCC(N2Cc3c(NC(=O)CSC=C4C(=O)CC(c5ccccc5)CC4=O)cccc3C2=O)C(=O)N1. The Balaban J connectivity index is 1.19. The van der Waals surface area contributed by atoms with Gasteiger partial charge in [0.25, 0.3) is 5.91 Å². The summed E-state index contributed by atoms with van der Waals surface area (Å²) < 4.78 is 0. The number of benzene rings is 2. The molecule has 0 spiro atoms. The number of carbonyl (C=O) groups is 6. The number of imide groups is 1. The van der Waals surface area contributed by atoms with Gasteiger partial charge in [0.05, 0.1) is 11.3 Å². The first-order valence-corrected chi connectivity index (χ1v) is 13.4. The summed E-state index contributed by atoms with van der Waals surface area (Å²) in [5, 5.41) is 6.54. The van der Waals surface area contributed by atoms with Gasteiger partial charge in [0.15, 0.2) is 11.6 Å². The van der Waals surface area contributed by atoms with Gasteiger partial charge >= 0.3 is 0 Å². The molecule has 1 unspecified atom stereocenters. The molecular weight excluding hydrogens is 506 g/mol. The standard InChI is InChI=1S/C28H25N3O6S/c32-23-11-17(16-5-2-1-3-6-16)12-24(33)20(23)14-38-15-26(35)29-21-8-4-7-18-19(21)13-31(28(18)37)22-9-10-25(34)30-27(22)36/h1-8,14,17,22H,9-13,15H2,(H,29,35)(H,30,34,36). The van der Waals surface area contributed by atoms with Crippen molar-refractivity contribution < 1.29 is 28.8 Å². The lowest BCUT2D eigenvalue weighted by molar-refractivity contribution is -0.137. The lowest BCUT2D eigenvalue weighted by Crippen LogP contribution is -2.52. The van der Waals surface area contributed by atoms with Crippen molar-refractivity contribution in [3.05, 3.63) is 76.2 Å². The molecule has 0 aromatic heterocycles. The number of amides is 4. The average molecular weight is 532 g/mol. The zero-order valence-electron chi connectivity index (χ0n) is 20.4. The van der Waals surface area contributed by atoms with Crippen LogP contribution in [0.1, 0.15) is 53.1 Å². The van der Waals surface area contributed by atoms with E-state index in [2.05, 4.69) is 10.6 Å². The molecule has 2 fully saturated rings. The normalized spacial score (nSPS) is 21.3. The Labute approximate surface area is 223 Å². The van der Waals surface area contributed by atoms with Crippen LogP contribution >= 0.6 is 11.8 Å².